The summed E-state index contributed by atoms with van der Waals surface area (Å²) in [6.45, 7) is 10.1. The predicted molar refractivity (Wildman–Crippen MR) is 130 cm³/mol. The van der Waals surface area contributed by atoms with Crippen LogP contribution in [0.1, 0.15) is 38.2 Å². The van der Waals surface area contributed by atoms with Crippen LogP contribution in [0.15, 0.2) is 54.6 Å². The van der Waals surface area contributed by atoms with E-state index in [0.717, 1.165) is 50.1 Å². The van der Waals surface area contributed by atoms with E-state index >= 15 is 0 Å². The fraction of sp³-hybridized carbons (Fsp3) is 0.185. The monoisotopic (exact) mass is 428 g/mol. The maximum atomic E-state index is 13.6. The van der Waals surface area contributed by atoms with Crippen LogP contribution in [0.2, 0.25) is 5.02 Å². The largest absolute Gasteiger partial charge is 0.322 e. The fourth-order valence-electron chi connectivity index (χ4n) is 4.04. The molecule has 4 heteroatoms. The van der Waals surface area contributed by atoms with Crippen LogP contribution in [0.3, 0.4) is 0 Å². The van der Waals surface area contributed by atoms with Crippen LogP contribution < -0.4 is 5.32 Å². The Morgan fingerprint density at radius 2 is 1.65 bits per heavy atom. The summed E-state index contributed by atoms with van der Waals surface area (Å²) in [4.78, 5) is 18.5. The lowest BCUT2D eigenvalue weighted by Gasteiger charge is -2.17. The molecule has 4 rings (SSSR count). The van der Waals surface area contributed by atoms with E-state index in [1.165, 1.54) is 5.56 Å². The molecule has 1 aromatic heterocycles. The first-order valence-corrected chi connectivity index (χ1v) is 10.7. The van der Waals surface area contributed by atoms with E-state index in [1.54, 1.807) is 0 Å². The number of amides is 1. The van der Waals surface area contributed by atoms with Crippen molar-refractivity contribution in [2.24, 2.45) is 0 Å². The lowest BCUT2D eigenvalue weighted by molar-refractivity contribution is 0.102. The highest BCUT2D eigenvalue weighted by Gasteiger charge is 2.20. The van der Waals surface area contributed by atoms with Crippen molar-refractivity contribution in [2.75, 3.05) is 5.32 Å². The number of aryl methyl sites for hydroxylation is 4. The average molecular weight is 429 g/mol. The van der Waals surface area contributed by atoms with Gasteiger partial charge in [0, 0.05) is 21.7 Å². The number of halogens is 1. The van der Waals surface area contributed by atoms with E-state index in [4.69, 9.17) is 16.6 Å². The van der Waals surface area contributed by atoms with Gasteiger partial charge in [-0.1, -0.05) is 41.4 Å². The highest BCUT2D eigenvalue weighted by atomic mass is 35.5. The van der Waals surface area contributed by atoms with Crippen molar-refractivity contribution in [1.29, 1.82) is 0 Å². The number of nitrogens with zero attached hydrogens (tertiary/aromatic N) is 1. The normalized spacial score (nSPS) is 11.0. The Balaban J connectivity index is 1.94. The minimum absolute atomic E-state index is 0.138. The number of anilines is 1. The summed E-state index contributed by atoms with van der Waals surface area (Å²) in [6.07, 6.45) is 0. The molecule has 0 aliphatic rings. The number of nitrogens with one attached hydrogen (secondary N) is 1. The zero-order valence-corrected chi connectivity index (χ0v) is 19.2. The first kappa shape index (κ1) is 21.1. The summed E-state index contributed by atoms with van der Waals surface area (Å²) in [6, 6.07) is 17.7. The molecular weight excluding hydrogens is 404 g/mol. The molecule has 1 heterocycles. The molecule has 1 N–H and O–H groups in total. The van der Waals surface area contributed by atoms with Gasteiger partial charge >= 0.3 is 0 Å². The minimum Gasteiger partial charge on any atom is -0.322 e. The molecule has 0 bridgehead atoms. The lowest BCUT2D eigenvalue weighted by Crippen LogP contribution is -2.16. The third kappa shape index (κ3) is 4.06. The Hall–Kier alpha value is -3.17. The van der Waals surface area contributed by atoms with E-state index in [9.17, 15) is 4.79 Å². The first-order chi connectivity index (χ1) is 14.7. The standard InChI is InChI=1S/C27H25ClN2O/c1-15-11-18(4)25-23(12-15)24(27(31)29-22-10-9-16(2)17(3)13-22)19(5)26(30-25)20-7-6-8-21(28)14-20/h6-14H,1-5H3,(H,29,31). The van der Waals surface area contributed by atoms with Crippen molar-refractivity contribution in [2.45, 2.75) is 34.6 Å². The van der Waals surface area contributed by atoms with Crippen molar-refractivity contribution in [3.63, 3.8) is 0 Å². The number of fused-ring (bicyclic) bond motifs is 1. The van der Waals surface area contributed by atoms with Gasteiger partial charge in [0.05, 0.1) is 16.8 Å². The topological polar surface area (TPSA) is 42.0 Å². The van der Waals surface area contributed by atoms with Gasteiger partial charge < -0.3 is 5.32 Å². The predicted octanol–water partition coefficient (Wildman–Crippen LogP) is 7.35. The molecule has 3 aromatic carbocycles. The second-order valence-corrected chi connectivity index (χ2v) is 8.64. The number of aromatic nitrogens is 1. The fourth-order valence-corrected chi connectivity index (χ4v) is 4.23. The molecule has 3 nitrogen and oxygen atoms in total. The van der Waals surface area contributed by atoms with Gasteiger partial charge in [0.15, 0.2) is 0 Å². The van der Waals surface area contributed by atoms with Gasteiger partial charge in [0.1, 0.15) is 0 Å². The molecule has 0 fully saturated rings. The van der Waals surface area contributed by atoms with Gasteiger partial charge in [-0.05, 0) is 87.2 Å². The second kappa shape index (κ2) is 8.16. The van der Waals surface area contributed by atoms with Gasteiger partial charge in [0.2, 0.25) is 0 Å². The Labute approximate surface area is 188 Å². The van der Waals surface area contributed by atoms with Crippen molar-refractivity contribution in [1.82, 2.24) is 4.98 Å². The number of hydrogen-bond acceptors (Lipinski definition) is 2. The number of hydrogen-bond donors (Lipinski definition) is 1. The number of rotatable bonds is 3. The Morgan fingerprint density at radius 1 is 0.871 bits per heavy atom. The van der Waals surface area contributed by atoms with Crippen LogP contribution >= 0.6 is 11.6 Å². The van der Waals surface area contributed by atoms with E-state index in [2.05, 4.69) is 18.3 Å². The van der Waals surface area contributed by atoms with Gasteiger partial charge in [-0.15, -0.1) is 0 Å². The van der Waals surface area contributed by atoms with E-state index in [0.29, 0.717) is 10.6 Å². The van der Waals surface area contributed by atoms with Crippen molar-refractivity contribution >= 4 is 34.1 Å². The summed E-state index contributed by atoms with van der Waals surface area (Å²) in [5, 5.41) is 4.60. The van der Waals surface area contributed by atoms with Crippen LogP contribution in [0.4, 0.5) is 5.69 Å². The third-order valence-corrected chi connectivity index (χ3v) is 5.99. The summed E-state index contributed by atoms with van der Waals surface area (Å²) in [5.41, 5.74) is 9.23. The maximum Gasteiger partial charge on any atom is 0.256 e. The molecule has 0 unspecified atom stereocenters. The van der Waals surface area contributed by atoms with Crippen molar-refractivity contribution in [3.8, 4) is 11.3 Å². The molecule has 0 aliphatic carbocycles. The molecule has 4 aromatic rings. The van der Waals surface area contributed by atoms with Gasteiger partial charge in [-0.3, -0.25) is 4.79 Å². The average Bonchev–Trinajstić information content (AvgIpc) is 2.70. The van der Waals surface area contributed by atoms with Crippen molar-refractivity contribution in [3.05, 3.63) is 93.0 Å². The minimum atomic E-state index is -0.138. The van der Waals surface area contributed by atoms with Gasteiger partial charge in [-0.2, -0.15) is 0 Å². The molecular formula is C27H25ClN2O. The summed E-state index contributed by atoms with van der Waals surface area (Å²) in [7, 11) is 0. The van der Waals surface area contributed by atoms with Crippen LogP contribution in [-0.4, -0.2) is 10.9 Å². The van der Waals surface area contributed by atoms with Gasteiger partial charge in [0.25, 0.3) is 5.91 Å². The number of carbonyl (C=O) groups is 1. The van der Waals surface area contributed by atoms with Gasteiger partial charge in [-0.25, -0.2) is 4.98 Å². The number of benzene rings is 3. The molecule has 0 aliphatic heterocycles. The third-order valence-electron chi connectivity index (χ3n) is 5.76. The van der Waals surface area contributed by atoms with Crippen LogP contribution in [0, 0.1) is 34.6 Å². The van der Waals surface area contributed by atoms with Crippen LogP contribution in [-0.2, 0) is 0 Å². The SMILES string of the molecule is Cc1cc(C)c2nc(-c3cccc(Cl)c3)c(C)c(C(=O)Nc3ccc(C)c(C)c3)c2c1. The zero-order chi connectivity index (χ0) is 22.3. The number of carbonyl (C=O) groups excluding carboxylic acids is 1. The molecule has 1 amide bonds. The van der Waals surface area contributed by atoms with Crippen LogP contribution in [0.25, 0.3) is 22.2 Å². The van der Waals surface area contributed by atoms with E-state index < -0.39 is 0 Å². The molecule has 0 radical (unpaired) electrons. The Morgan fingerprint density at radius 3 is 2.35 bits per heavy atom. The molecule has 0 saturated carbocycles. The smallest absolute Gasteiger partial charge is 0.256 e. The maximum absolute atomic E-state index is 13.6. The number of pyridine rings is 1. The molecule has 0 atom stereocenters. The molecule has 0 spiro atoms. The zero-order valence-electron chi connectivity index (χ0n) is 18.4. The van der Waals surface area contributed by atoms with Crippen molar-refractivity contribution < 1.29 is 4.79 Å². The highest BCUT2D eigenvalue weighted by molar-refractivity contribution is 6.30. The first-order valence-electron chi connectivity index (χ1n) is 10.3. The molecule has 0 saturated heterocycles. The summed E-state index contributed by atoms with van der Waals surface area (Å²) >= 11 is 6.25. The Bertz CT molecular complexity index is 1340. The summed E-state index contributed by atoms with van der Waals surface area (Å²) in [5.74, 6) is -0.138. The van der Waals surface area contributed by atoms with E-state index in [-0.39, 0.29) is 5.91 Å². The quantitative estimate of drug-likeness (QED) is 0.370. The second-order valence-electron chi connectivity index (χ2n) is 8.20. The molecule has 156 valence electrons. The highest BCUT2D eigenvalue weighted by Crippen LogP contribution is 2.33. The molecule has 31 heavy (non-hydrogen) atoms. The van der Waals surface area contributed by atoms with E-state index in [1.807, 2.05) is 76.2 Å². The Kier molecular flexibility index (Phi) is 5.55. The lowest BCUT2D eigenvalue weighted by atomic mass is 9.94. The van der Waals surface area contributed by atoms with Crippen LogP contribution in [0.5, 0.6) is 0 Å². The summed E-state index contributed by atoms with van der Waals surface area (Å²) < 4.78 is 0.